The van der Waals surface area contributed by atoms with Gasteiger partial charge in [-0.25, -0.2) is 4.39 Å². The number of rotatable bonds is 7. The molecule has 0 bridgehead atoms. The van der Waals surface area contributed by atoms with Gasteiger partial charge < -0.3 is 9.64 Å². The van der Waals surface area contributed by atoms with Crippen molar-refractivity contribution in [2.75, 3.05) is 19.9 Å². The monoisotopic (exact) mass is 386 g/mol. The molecule has 0 aliphatic carbocycles. The topological polar surface area (TPSA) is 60.2 Å². The van der Waals surface area contributed by atoms with Crippen LogP contribution in [0.5, 0.6) is 5.75 Å². The largest absolute Gasteiger partial charge is 0.497 e. The minimum atomic E-state index is -0.311. The van der Waals surface area contributed by atoms with Crippen LogP contribution in [0.15, 0.2) is 60.0 Å². The van der Waals surface area contributed by atoms with Crippen LogP contribution in [0.1, 0.15) is 5.56 Å². The molecule has 0 spiro atoms. The molecule has 1 amide bonds. The van der Waals surface area contributed by atoms with Crippen LogP contribution in [0.25, 0.3) is 5.69 Å². The van der Waals surface area contributed by atoms with Gasteiger partial charge in [-0.05, 0) is 29.8 Å². The van der Waals surface area contributed by atoms with Gasteiger partial charge in [-0.15, -0.1) is 10.2 Å². The molecule has 0 aliphatic heterocycles. The molecule has 3 rings (SSSR count). The van der Waals surface area contributed by atoms with Crippen LogP contribution < -0.4 is 4.74 Å². The molecule has 27 heavy (non-hydrogen) atoms. The van der Waals surface area contributed by atoms with Crippen LogP contribution >= 0.6 is 11.8 Å². The lowest BCUT2D eigenvalue weighted by atomic mass is 10.2. The molecule has 0 unspecified atom stereocenters. The highest BCUT2D eigenvalue weighted by Crippen LogP contribution is 2.22. The van der Waals surface area contributed by atoms with Gasteiger partial charge in [0.2, 0.25) is 5.91 Å². The number of halogens is 1. The van der Waals surface area contributed by atoms with E-state index in [1.165, 1.54) is 23.9 Å². The van der Waals surface area contributed by atoms with Crippen LogP contribution in [0, 0.1) is 5.82 Å². The number of carbonyl (C=O) groups is 1. The zero-order valence-corrected chi connectivity index (χ0v) is 15.8. The Hall–Kier alpha value is -2.87. The van der Waals surface area contributed by atoms with Crippen molar-refractivity contribution < 1.29 is 13.9 Å². The third-order valence-electron chi connectivity index (χ3n) is 3.91. The van der Waals surface area contributed by atoms with Crippen molar-refractivity contribution in [1.29, 1.82) is 0 Å². The number of amides is 1. The summed E-state index contributed by atoms with van der Waals surface area (Å²) in [5.74, 6) is 0.538. The second-order valence-electron chi connectivity index (χ2n) is 5.85. The normalized spacial score (nSPS) is 10.6. The fraction of sp³-hybridized carbons (Fsp3) is 0.211. The van der Waals surface area contributed by atoms with Gasteiger partial charge in [0.1, 0.15) is 17.9 Å². The predicted octanol–water partition coefficient (Wildman–Crippen LogP) is 3.17. The molecule has 140 valence electrons. The maximum atomic E-state index is 13.3. The van der Waals surface area contributed by atoms with E-state index in [2.05, 4.69) is 10.2 Å². The van der Waals surface area contributed by atoms with Crippen LogP contribution in [0.3, 0.4) is 0 Å². The lowest BCUT2D eigenvalue weighted by Crippen LogP contribution is -2.27. The number of aromatic nitrogens is 3. The smallest absolute Gasteiger partial charge is 0.233 e. The molecule has 0 N–H and O–H groups in total. The van der Waals surface area contributed by atoms with E-state index in [-0.39, 0.29) is 17.5 Å². The summed E-state index contributed by atoms with van der Waals surface area (Å²) in [7, 11) is 3.30. The number of methoxy groups -OCH3 is 1. The van der Waals surface area contributed by atoms with Gasteiger partial charge >= 0.3 is 0 Å². The molecule has 1 aromatic heterocycles. The Morgan fingerprint density at radius 3 is 2.85 bits per heavy atom. The maximum absolute atomic E-state index is 13.3. The molecule has 0 atom stereocenters. The molecule has 0 fully saturated rings. The highest BCUT2D eigenvalue weighted by atomic mass is 32.2. The predicted molar refractivity (Wildman–Crippen MR) is 102 cm³/mol. The van der Waals surface area contributed by atoms with Crippen molar-refractivity contribution in [3.63, 3.8) is 0 Å². The number of thioether (sulfide) groups is 1. The maximum Gasteiger partial charge on any atom is 0.233 e. The minimum absolute atomic E-state index is 0.0792. The van der Waals surface area contributed by atoms with Gasteiger partial charge in [-0.2, -0.15) is 0 Å². The molecular formula is C19H19FN4O2S. The molecule has 0 saturated carbocycles. The lowest BCUT2D eigenvalue weighted by Gasteiger charge is -2.17. The first kappa shape index (κ1) is 18.9. The summed E-state index contributed by atoms with van der Waals surface area (Å²) in [6, 6.07) is 13.7. The van der Waals surface area contributed by atoms with Crippen LogP contribution in [0.2, 0.25) is 0 Å². The second-order valence-corrected chi connectivity index (χ2v) is 6.80. The summed E-state index contributed by atoms with van der Waals surface area (Å²) < 4.78 is 20.3. The first-order valence-electron chi connectivity index (χ1n) is 8.22. The molecule has 1 heterocycles. The first-order chi connectivity index (χ1) is 13.1. The Kier molecular flexibility index (Phi) is 6.08. The van der Waals surface area contributed by atoms with Gasteiger partial charge in [0.05, 0.1) is 18.6 Å². The van der Waals surface area contributed by atoms with Gasteiger partial charge in [0.25, 0.3) is 0 Å². The Morgan fingerprint density at radius 2 is 2.07 bits per heavy atom. The average molecular weight is 386 g/mol. The molecular weight excluding hydrogens is 367 g/mol. The molecule has 0 radical (unpaired) electrons. The Balaban J connectivity index is 1.63. The SMILES string of the molecule is COc1cccc(-n2cnnc2SCC(=O)N(C)Cc2cccc(F)c2)c1. The van der Waals surface area contributed by atoms with Crippen molar-refractivity contribution in [2.24, 2.45) is 0 Å². The standard InChI is InChI=1S/C19H19FN4O2S/c1-23(11-14-5-3-6-15(20)9-14)18(25)12-27-19-22-21-13-24(19)16-7-4-8-17(10-16)26-2/h3-10,13H,11-12H2,1-2H3. The fourth-order valence-electron chi connectivity index (χ4n) is 2.49. The number of benzene rings is 2. The second kappa shape index (κ2) is 8.68. The molecule has 2 aromatic carbocycles. The molecule has 0 saturated heterocycles. The first-order valence-corrected chi connectivity index (χ1v) is 9.21. The Labute approximate surface area is 161 Å². The third kappa shape index (κ3) is 4.85. The number of hydrogen-bond acceptors (Lipinski definition) is 5. The summed E-state index contributed by atoms with van der Waals surface area (Å²) in [6.07, 6.45) is 1.60. The lowest BCUT2D eigenvalue weighted by molar-refractivity contribution is -0.127. The van der Waals surface area contributed by atoms with Gasteiger partial charge in [0.15, 0.2) is 5.16 Å². The number of hydrogen-bond donors (Lipinski definition) is 0. The fourth-order valence-corrected chi connectivity index (χ4v) is 3.36. The minimum Gasteiger partial charge on any atom is -0.497 e. The van der Waals surface area contributed by atoms with Crippen molar-refractivity contribution >= 4 is 17.7 Å². The van der Waals surface area contributed by atoms with E-state index >= 15 is 0 Å². The zero-order valence-electron chi connectivity index (χ0n) is 15.0. The van der Waals surface area contributed by atoms with E-state index in [1.807, 2.05) is 24.3 Å². The summed E-state index contributed by atoms with van der Waals surface area (Å²) in [6.45, 7) is 0.347. The highest BCUT2D eigenvalue weighted by molar-refractivity contribution is 7.99. The average Bonchev–Trinajstić information content (AvgIpc) is 3.14. The highest BCUT2D eigenvalue weighted by Gasteiger charge is 2.14. The zero-order chi connectivity index (χ0) is 19.2. The number of carbonyl (C=O) groups excluding carboxylic acids is 1. The summed E-state index contributed by atoms with van der Waals surface area (Å²) >= 11 is 1.30. The number of ether oxygens (including phenoxy) is 1. The Bertz CT molecular complexity index is 931. The Morgan fingerprint density at radius 1 is 1.26 bits per heavy atom. The van der Waals surface area contributed by atoms with Crippen LogP contribution in [0.4, 0.5) is 4.39 Å². The number of nitrogens with zero attached hydrogens (tertiary/aromatic N) is 4. The van der Waals surface area contributed by atoms with E-state index in [0.717, 1.165) is 17.0 Å². The summed E-state index contributed by atoms with van der Waals surface area (Å²) in [5.41, 5.74) is 1.60. The van der Waals surface area contributed by atoms with Crippen LogP contribution in [-0.4, -0.2) is 45.5 Å². The van der Waals surface area contributed by atoms with E-state index in [4.69, 9.17) is 4.74 Å². The third-order valence-corrected chi connectivity index (χ3v) is 4.84. The van der Waals surface area contributed by atoms with Crippen molar-refractivity contribution in [2.45, 2.75) is 11.7 Å². The van der Waals surface area contributed by atoms with Crippen LogP contribution in [-0.2, 0) is 11.3 Å². The molecule has 3 aromatic rings. The van der Waals surface area contributed by atoms with Gasteiger partial charge in [-0.3, -0.25) is 9.36 Å². The summed E-state index contributed by atoms with van der Waals surface area (Å²) in [4.78, 5) is 14.0. The molecule has 6 nitrogen and oxygen atoms in total. The van der Waals surface area contributed by atoms with Gasteiger partial charge in [-0.1, -0.05) is 30.0 Å². The molecule has 8 heteroatoms. The van der Waals surface area contributed by atoms with Crippen molar-refractivity contribution in [1.82, 2.24) is 19.7 Å². The van der Waals surface area contributed by atoms with Crippen molar-refractivity contribution in [3.05, 3.63) is 66.2 Å². The molecule has 0 aliphatic rings. The quantitative estimate of drug-likeness (QED) is 0.584. The van der Waals surface area contributed by atoms with E-state index in [1.54, 1.807) is 42.1 Å². The van der Waals surface area contributed by atoms with E-state index < -0.39 is 0 Å². The van der Waals surface area contributed by atoms with E-state index in [9.17, 15) is 9.18 Å². The van der Waals surface area contributed by atoms with E-state index in [0.29, 0.717) is 11.7 Å². The van der Waals surface area contributed by atoms with Crippen molar-refractivity contribution in [3.8, 4) is 11.4 Å². The summed E-state index contributed by atoms with van der Waals surface area (Å²) in [5, 5.41) is 8.64. The van der Waals surface area contributed by atoms with Gasteiger partial charge in [0, 0.05) is 19.7 Å².